The largest absolute Gasteiger partial charge is 0.464 e. The van der Waals surface area contributed by atoms with Crippen molar-refractivity contribution in [2.24, 2.45) is 12.8 Å². The average Bonchev–Trinajstić information content (AvgIpc) is 2.88. The molecule has 1 unspecified atom stereocenters. The number of nitrogens with zero attached hydrogens (tertiary/aromatic N) is 4. The van der Waals surface area contributed by atoms with Gasteiger partial charge >= 0.3 is 17.8 Å². The topological polar surface area (TPSA) is 169 Å². The molecular weight excluding hydrogens is 550 g/mol. The summed E-state index contributed by atoms with van der Waals surface area (Å²) in [7, 11) is 1.78. The normalized spacial score (nSPS) is 14.9. The Bertz CT molecular complexity index is 1700. The number of carbonyl (C=O) groups is 2. The Kier molecular flexibility index (Phi) is 6.93. The molecule has 17 heteroatoms. The van der Waals surface area contributed by atoms with Crippen LogP contribution in [0, 0.1) is 15.9 Å². The number of alkyl halides is 3. The maximum atomic E-state index is 15.5. The molecule has 0 saturated heterocycles. The van der Waals surface area contributed by atoms with E-state index in [4.69, 9.17) is 15.2 Å². The van der Waals surface area contributed by atoms with Crippen molar-refractivity contribution >= 4 is 23.3 Å². The van der Waals surface area contributed by atoms with E-state index >= 15 is 4.39 Å². The Balaban J connectivity index is 1.95. The molecule has 0 fully saturated rings. The van der Waals surface area contributed by atoms with Gasteiger partial charge in [-0.2, -0.15) is 13.2 Å². The third kappa shape index (κ3) is 4.77. The second kappa shape index (κ2) is 9.92. The fourth-order valence-corrected chi connectivity index (χ4v) is 4.01. The van der Waals surface area contributed by atoms with Gasteiger partial charge in [0.05, 0.1) is 4.92 Å². The van der Waals surface area contributed by atoms with Crippen LogP contribution in [-0.4, -0.2) is 39.2 Å². The van der Waals surface area contributed by atoms with Gasteiger partial charge in [-0.1, -0.05) is 12.1 Å². The van der Waals surface area contributed by atoms with Crippen molar-refractivity contribution in [3.63, 3.8) is 0 Å². The van der Waals surface area contributed by atoms with E-state index in [1.54, 1.807) is 0 Å². The Hall–Kier alpha value is -5.06. The number of fused-ring (bicyclic) bond motifs is 1. The summed E-state index contributed by atoms with van der Waals surface area (Å²) in [5.74, 6) is -4.35. The van der Waals surface area contributed by atoms with Crippen LogP contribution in [0.3, 0.4) is 0 Å². The number of esters is 1. The number of amides is 1. The van der Waals surface area contributed by atoms with Gasteiger partial charge in [-0.3, -0.25) is 30.0 Å². The van der Waals surface area contributed by atoms with Crippen molar-refractivity contribution in [2.75, 3.05) is 11.9 Å². The summed E-state index contributed by atoms with van der Waals surface area (Å²) < 4.78 is 65.9. The first kappa shape index (κ1) is 28.0. The summed E-state index contributed by atoms with van der Waals surface area (Å²) in [5.41, 5.74) is -2.16. The van der Waals surface area contributed by atoms with E-state index in [9.17, 15) is 42.5 Å². The van der Waals surface area contributed by atoms with E-state index in [2.05, 4.69) is 0 Å². The number of halogens is 4. The summed E-state index contributed by atoms with van der Waals surface area (Å²) >= 11 is 0. The Morgan fingerprint density at radius 1 is 1.15 bits per heavy atom. The van der Waals surface area contributed by atoms with Crippen LogP contribution < -0.4 is 26.6 Å². The molecule has 1 aromatic heterocycles. The van der Waals surface area contributed by atoms with Crippen LogP contribution in [0.4, 0.5) is 28.9 Å². The fraction of sp³-hybridized carbons (Fsp3) is 0.217. The predicted octanol–water partition coefficient (Wildman–Crippen LogP) is 1.60. The van der Waals surface area contributed by atoms with E-state index in [1.807, 2.05) is 0 Å². The van der Waals surface area contributed by atoms with Gasteiger partial charge in [0, 0.05) is 38.4 Å². The van der Waals surface area contributed by atoms with E-state index in [1.165, 1.54) is 18.2 Å². The molecule has 0 bridgehead atoms. The molecule has 2 aromatic carbocycles. The van der Waals surface area contributed by atoms with Gasteiger partial charge in [-0.05, 0) is 5.56 Å². The molecule has 1 aliphatic heterocycles. The minimum Gasteiger partial charge on any atom is -0.464 e. The van der Waals surface area contributed by atoms with Crippen LogP contribution in [-0.2, 0) is 29.4 Å². The number of ether oxygens (including phenoxy) is 2. The maximum absolute atomic E-state index is 15.5. The molecule has 1 atom stereocenters. The number of non-ortho nitro benzene ring substituents is 1. The number of hydrogen-bond acceptors (Lipinski definition) is 9. The van der Waals surface area contributed by atoms with Gasteiger partial charge in [0.15, 0.2) is 5.82 Å². The quantitative estimate of drug-likeness (QED) is 0.208. The van der Waals surface area contributed by atoms with Crippen molar-refractivity contribution in [1.82, 2.24) is 9.13 Å². The average molecular weight is 567 g/mol. The number of nitrogens with two attached hydrogens (primary N) is 1. The first-order valence-corrected chi connectivity index (χ1v) is 11.0. The van der Waals surface area contributed by atoms with Gasteiger partial charge in [0.2, 0.25) is 6.23 Å². The van der Waals surface area contributed by atoms with Crippen LogP contribution in [0.15, 0.2) is 46.0 Å². The lowest BCUT2D eigenvalue weighted by Crippen LogP contribution is -2.50. The van der Waals surface area contributed by atoms with Crippen molar-refractivity contribution in [1.29, 1.82) is 0 Å². The minimum absolute atomic E-state index is 0.0261. The third-order valence-corrected chi connectivity index (χ3v) is 5.88. The molecule has 1 aliphatic rings. The number of likely N-dealkylation sites (N-methyl/N-ethyl adjacent to an activating group) is 1. The molecule has 0 aliphatic carbocycles. The second-order valence-electron chi connectivity index (χ2n) is 8.41. The number of benzene rings is 2. The fourth-order valence-electron chi connectivity index (χ4n) is 4.01. The summed E-state index contributed by atoms with van der Waals surface area (Å²) in [5, 5.41) is 11.0. The Morgan fingerprint density at radius 2 is 1.82 bits per heavy atom. The van der Waals surface area contributed by atoms with Gasteiger partial charge in [0.1, 0.15) is 35.0 Å². The van der Waals surface area contributed by atoms with Crippen LogP contribution in [0.2, 0.25) is 0 Å². The van der Waals surface area contributed by atoms with Gasteiger partial charge in [-0.15, -0.1) is 0 Å². The number of anilines is 1. The highest BCUT2D eigenvalue weighted by Gasteiger charge is 2.39. The molecule has 210 valence electrons. The Morgan fingerprint density at radius 3 is 2.45 bits per heavy atom. The Labute approximate surface area is 219 Å². The summed E-state index contributed by atoms with van der Waals surface area (Å²) in [6, 6.07) is 5.51. The zero-order chi connectivity index (χ0) is 29.7. The van der Waals surface area contributed by atoms with Crippen molar-refractivity contribution in [3.8, 4) is 11.4 Å². The lowest BCUT2D eigenvalue weighted by Gasteiger charge is -2.32. The molecule has 4 rings (SSSR count). The molecule has 0 saturated carbocycles. The van der Waals surface area contributed by atoms with E-state index in [0.717, 1.165) is 18.0 Å². The summed E-state index contributed by atoms with van der Waals surface area (Å²) in [4.78, 5) is 62.7. The molecule has 0 radical (unpaired) electrons. The van der Waals surface area contributed by atoms with Crippen LogP contribution in [0.25, 0.3) is 5.69 Å². The van der Waals surface area contributed by atoms with Crippen molar-refractivity contribution in [2.45, 2.75) is 19.0 Å². The van der Waals surface area contributed by atoms with Crippen molar-refractivity contribution in [3.05, 3.63) is 90.0 Å². The highest BCUT2D eigenvalue weighted by molar-refractivity contribution is 6.09. The lowest BCUT2D eigenvalue weighted by molar-refractivity contribution is -0.384. The minimum atomic E-state index is -5.13. The SMILES string of the molecule is CN1C(=O)C(N)Oc2cc(F)c(-n3c(=O)cc(C(F)(F)F)n(C)c3=O)c(C(=O)OCc3cccc([N+](=O)[O-])c3)c21. The predicted molar refractivity (Wildman–Crippen MR) is 126 cm³/mol. The zero-order valence-corrected chi connectivity index (χ0v) is 20.4. The first-order valence-electron chi connectivity index (χ1n) is 11.0. The van der Waals surface area contributed by atoms with Crippen LogP contribution in [0.5, 0.6) is 5.75 Å². The molecule has 13 nitrogen and oxygen atoms in total. The number of aromatic nitrogens is 2. The number of carbonyl (C=O) groups excluding carboxylic acids is 2. The molecule has 40 heavy (non-hydrogen) atoms. The van der Waals surface area contributed by atoms with E-state index < -0.39 is 81.3 Å². The molecule has 2 N–H and O–H groups in total. The lowest BCUT2D eigenvalue weighted by atomic mass is 10.1. The van der Waals surface area contributed by atoms with Crippen LogP contribution in [0.1, 0.15) is 21.6 Å². The summed E-state index contributed by atoms with van der Waals surface area (Å²) in [6.45, 7) is -0.636. The summed E-state index contributed by atoms with van der Waals surface area (Å²) in [6.07, 6.45) is -6.75. The maximum Gasteiger partial charge on any atom is 0.431 e. The van der Waals surface area contributed by atoms with E-state index in [0.29, 0.717) is 13.1 Å². The smallest absolute Gasteiger partial charge is 0.431 e. The number of hydrogen-bond donors (Lipinski definition) is 1. The van der Waals surface area contributed by atoms with Gasteiger partial charge in [-0.25, -0.2) is 18.5 Å². The first-order chi connectivity index (χ1) is 18.6. The van der Waals surface area contributed by atoms with Crippen molar-refractivity contribution < 1.29 is 41.5 Å². The monoisotopic (exact) mass is 567 g/mol. The zero-order valence-electron chi connectivity index (χ0n) is 20.4. The van der Waals surface area contributed by atoms with Gasteiger partial charge < -0.3 is 14.4 Å². The molecule has 1 amide bonds. The highest BCUT2D eigenvalue weighted by Crippen LogP contribution is 2.41. The molecule has 0 spiro atoms. The standard InChI is InChI=1S/C23H17F4N5O8/c1-29-14(23(25,26)27)8-15(33)31(22(29)36)17-12(24)7-13-18(30(2)20(34)19(28)40-13)16(17)21(35)39-9-10-4-3-5-11(6-10)32(37)38/h3-8,19H,9,28H2,1-2H3. The van der Waals surface area contributed by atoms with E-state index in [-0.39, 0.29) is 26.5 Å². The number of nitro benzene ring substituents is 1. The number of nitro groups is 1. The number of rotatable bonds is 5. The third-order valence-electron chi connectivity index (χ3n) is 5.88. The van der Waals surface area contributed by atoms with Crippen LogP contribution >= 0.6 is 0 Å². The molecule has 2 heterocycles. The van der Waals surface area contributed by atoms with Gasteiger partial charge in [0.25, 0.3) is 17.2 Å². The molecular formula is C23H17F4N5O8. The highest BCUT2D eigenvalue weighted by atomic mass is 19.4. The molecule has 3 aromatic rings. The second-order valence-corrected chi connectivity index (χ2v) is 8.41.